The number of hydrogen-bond donors (Lipinski definition) is 0. The van der Waals surface area contributed by atoms with E-state index in [1.165, 1.54) is 0 Å². The number of thiazole rings is 1. The van der Waals surface area contributed by atoms with Crippen molar-refractivity contribution in [1.29, 1.82) is 0 Å². The molecule has 0 aliphatic carbocycles. The largest absolute Gasteiger partial charge is 0.494 e. The first-order valence-electron chi connectivity index (χ1n) is 6.68. The van der Waals surface area contributed by atoms with E-state index < -0.39 is 0 Å². The molecule has 0 aliphatic rings. The van der Waals surface area contributed by atoms with Crippen LogP contribution >= 0.6 is 22.9 Å². The van der Waals surface area contributed by atoms with Gasteiger partial charge in [0.25, 0.3) is 0 Å². The molecule has 0 saturated heterocycles. The quantitative estimate of drug-likeness (QED) is 0.677. The van der Waals surface area contributed by atoms with Gasteiger partial charge in [0.2, 0.25) is 0 Å². The molecular weight excluding hydrogens is 306 g/mol. The van der Waals surface area contributed by atoms with Gasteiger partial charge in [0.1, 0.15) is 22.1 Å². The monoisotopic (exact) mass is 321 g/mol. The second-order valence-electron chi connectivity index (χ2n) is 4.88. The van der Waals surface area contributed by atoms with Crippen LogP contribution < -0.4 is 4.74 Å². The van der Waals surface area contributed by atoms with Crippen LogP contribution in [-0.2, 0) is 6.54 Å². The molecule has 0 N–H and O–H groups in total. The number of methoxy groups -OCH3 is 1. The Labute approximate surface area is 132 Å². The van der Waals surface area contributed by atoms with Gasteiger partial charge in [-0.3, -0.25) is 0 Å². The molecule has 0 aliphatic heterocycles. The molecule has 0 spiro atoms. The summed E-state index contributed by atoms with van der Waals surface area (Å²) in [6.45, 7) is 4.60. The van der Waals surface area contributed by atoms with Gasteiger partial charge in [-0.1, -0.05) is 6.07 Å². The number of hydrogen-bond acceptors (Lipinski definition) is 4. The Kier molecular flexibility index (Phi) is 3.87. The summed E-state index contributed by atoms with van der Waals surface area (Å²) in [4.78, 5) is 9.20. The fourth-order valence-corrected chi connectivity index (χ4v) is 3.31. The molecule has 1 aromatic carbocycles. The first-order valence-corrected chi connectivity index (χ1v) is 8.00. The third-order valence-electron chi connectivity index (χ3n) is 3.31. The highest BCUT2D eigenvalue weighted by Crippen LogP contribution is 2.30. The summed E-state index contributed by atoms with van der Waals surface area (Å²) in [5.41, 5.74) is 2.90. The van der Waals surface area contributed by atoms with Crippen molar-refractivity contribution in [2.24, 2.45) is 0 Å². The van der Waals surface area contributed by atoms with Crippen molar-refractivity contribution >= 4 is 34.0 Å². The van der Waals surface area contributed by atoms with Crippen LogP contribution in [0.3, 0.4) is 0 Å². The Morgan fingerprint density at radius 1 is 1.38 bits per heavy atom. The molecule has 21 heavy (non-hydrogen) atoms. The summed E-state index contributed by atoms with van der Waals surface area (Å²) >= 11 is 7.96. The average molecular weight is 322 g/mol. The number of benzene rings is 1. The van der Waals surface area contributed by atoms with Crippen molar-refractivity contribution in [3.8, 4) is 5.75 Å². The van der Waals surface area contributed by atoms with Crippen molar-refractivity contribution < 1.29 is 4.74 Å². The Balaban J connectivity index is 2.16. The SMILES string of the molecule is COc1cccc2c1nc(C(C)Cl)n2Cc1nc(C)cs1. The topological polar surface area (TPSA) is 39.9 Å². The zero-order valence-corrected chi connectivity index (χ0v) is 13.7. The van der Waals surface area contributed by atoms with Crippen LogP contribution in [0.15, 0.2) is 23.6 Å². The number of halogens is 1. The number of ether oxygens (including phenoxy) is 1. The summed E-state index contributed by atoms with van der Waals surface area (Å²) in [7, 11) is 1.65. The molecule has 0 fully saturated rings. The molecule has 3 aromatic rings. The molecule has 110 valence electrons. The molecule has 4 nitrogen and oxygen atoms in total. The molecule has 0 amide bonds. The Bertz CT molecular complexity index is 778. The first kappa shape index (κ1) is 14.4. The summed E-state index contributed by atoms with van der Waals surface area (Å²) in [5, 5.41) is 2.93. The maximum atomic E-state index is 6.31. The van der Waals surface area contributed by atoms with Crippen molar-refractivity contribution in [3.63, 3.8) is 0 Å². The second-order valence-corrected chi connectivity index (χ2v) is 6.48. The molecule has 1 atom stereocenters. The summed E-state index contributed by atoms with van der Waals surface area (Å²) in [6.07, 6.45) is 0. The molecule has 2 aromatic heterocycles. The van der Waals surface area contributed by atoms with Gasteiger partial charge in [0.15, 0.2) is 0 Å². The van der Waals surface area contributed by atoms with Gasteiger partial charge in [-0.05, 0) is 26.0 Å². The number of aromatic nitrogens is 3. The van der Waals surface area contributed by atoms with Crippen LogP contribution in [0.2, 0.25) is 0 Å². The normalized spacial score (nSPS) is 12.8. The predicted molar refractivity (Wildman–Crippen MR) is 86.5 cm³/mol. The number of fused-ring (bicyclic) bond motifs is 1. The number of nitrogens with zero attached hydrogens (tertiary/aromatic N) is 3. The standard InChI is InChI=1S/C15H16ClN3OS/c1-9-8-21-13(17-9)7-19-11-5-4-6-12(20-3)14(11)18-15(19)10(2)16/h4-6,8,10H,7H2,1-3H3. The van der Waals surface area contributed by atoms with E-state index in [1.807, 2.05) is 32.0 Å². The molecule has 1 unspecified atom stereocenters. The fourth-order valence-electron chi connectivity index (χ4n) is 2.38. The lowest BCUT2D eigenvalue weighted by molar-refractivity contribution is 0.419. The predicted octanol–water partition coefficient (Wildman–Crippen LogP) is 4.16. The minimum absolute atomic E-state index is 0.178. The summed E-state index contributed by atoms with van der Waals surface area (Å²) < 4.78 is 7.52. The number of alkyl halides is 1. The molecule has 2 heterocycles. The third kappa shape index (κ3) is 2.63. The van der Waals surface area contributed by atoms with E-state index in [0.717, 1.165) is 33.3 Å². The number of para-hydroxylation sites is 1. The Morgan fingerprint density at radius 2 is 2.19 bits per heavy atom. The van der Waals surface area contributed by atoms with Gasteiger partial charge in [-0.2, -0.15) is 0 Å². The zero-order chi connectivity index (χ0) is 15.0. The summed E-state index contributed by atoms with van der Waals surface area (Å²) in [5.74, 6) is 1.60. The van der Waals surface area contributed by atoms with E-state index in [9.17, 15) is 0 Å². The van der Waals surface area contributed by atoms with Gasteiger partial charge in [0, 0.05) is 11.1 Å². The highest BCUT2D eigenvalue weighted by Gasteiger charge is 2.18. The lowest BCUT2D eigenvalue weighted by Crippen LogP contribution is -2.05. The van der Waals surface area contributed by atoms with E-state index in [4.69, 9.17) is 16.3 Å². The van der Waals surface area contributed by atoms with Crippen LogP contribution in [0.5, 0.6) is 5.75 Å². The smallest absolute Gasteiger partial charge is 0.146 e. The van der Waals surface area contributed by atoms with E-state index in [1.54, 1.807) is 18.4 Å². The zero-order valence-electron chi connectivity index (χ0n) is 12.1. The van der Waals surface area contributed by atoms with Gasteiger partial charge >= 0.3 is 0 Å². The average Bonchev–Trinajstić information content (AvgIpc) is 3.03. The second kappa shape index (κ2) is 5.66. The van der Waals surface area contributed by atoms with Crippen molar-refractivity contribution in [1.82, 2.24) is 14.5 Å². The van der Waals surface area contributed by atoms with Crippen molar-refractivity contribution in [2.75, 3.05) is 7.11 Å². The lowest BCUT2D eigenvalue weighted by atomic mass is 10.3. The molecule has 0 saturated carbocycles. The molecule has 0 bridgehead atoms. The maximum Gasteiger partial charge on any atom is 0.146 e. The van der Waals surface area contributed by atoms with Crippen LogP contribution in [0.25, 0.3) is 11.0 Å². The first-order chi connectivity index (χ1) is 10.1. The Hall–Kier alpha value is -1.59. The van der Waals surface area contributed by atoms with Crippen LogP contribution in [0, 0.1) is 6.92 Å². The van der Waals surface area contributed by atoms with E-state index >= 15 is 0 Å². The third-order valence-corrected chi connectivity index (χ3v) is 4.45. The van der Waals surface area contributed by atoms with Crippen molar-refractivity contribution in [3.05, 3.63) is 40.1 Å². The molecule has 3 rings (SSSR count). The highest BCUT2D eigenvalue weighted by molar-refractivity contribution is 7.09. The van der Waals surface area contributed by atoms with E-state index in [-0.39, 0.29) is 5.38 Å². The summed E-state index contributed by atoms with van der Waals surface area (Å²) in [6, 6.07) is 5.92. The van der Waals surface area contributed by atoms with E-state index in [2.05, 4.69) is 19.9 Å². The van der Waals surface area contributed by atoms with Gasteiger partial charge in [0.05, 0.1) is 24.5 Å². The van der Waals surface area contributed by atoms with Crippen LogP contribution in [0.1, 0.15) is 28.8 Å². The fraction of sp³-hybridized carbons (Fsp3) is 0.333. The van der Waals surface area contributed by atoms with Crippen LogP contribution in [0.4, 0.5) is 0 Å². The van der Waals surface area contributed by atoms with Gasteiger partial charge < -0.3 is 9.30 Å². The minimum Gasteiger partial charge on any atom is -0.494 e. The van der Waals surface area contributed by atoms with E-state index in [0.29, 0.717) is 6.54 Å². The number of aryl methyl sites for hydroxylation is 1. The minimum atomic E-state index is -0.178. The highest BCUT2D eigenvalue weighted by atomic mass is 35.5. The molecule has 6 heteroatoms. The van der Waals surface area contributed by atoms with Crippen LogP contribution in [-0.4, -0.2) is 21.6 Å². The lowest BCUT2D eigenvalue weighted by Gasteiger charge is -2.08. The van der Waals surface area contributed by atoms with Gasteiger partial charge in [-0.15, -0.1) is 22.9 Å². The molecular formula is C15H16ClN3OS. The Morgan fingerprint density at radius 3 is 2.81 bits per heavy atom. The molecule has 0 radical (unpaired) electrons. The van der Waals surface area contributed by atoms with Crippen molar-refractivity contribution in [2.45, 2.75) is 25.8 Å². The number of imidazole rings is 1. The van der Waals surface area contributed by atoms with Gasteiger partial charge in [-0.25, -0.2) is 9.97 Å². The maximum absolute atomic E-state index is 6.31. The number of rotatable bonds is 4.